The third kappa shape index (κ3) is 3.63. The Balaban J connectivity index is 2.78. The van der Waals surface area contributed by atoms with E-state index >= 15 is 0 Å². The van der Waals surface area contributed by atoms with E-state index in [2.05, 4.69) is 0 Å². The number of benzene rings is 3. The molecule has 0 saturated carbocycles. The Morgan fingerprint density at radius 1 is 0.257 bits per heavy atom. The average molecular weight is 664 g/mol. The fourth-order valence-corrected chi connectivity index (χ4v) is 13.0. The second-order valence-corrected chi connectivity index (χ2v) is 15.9. The monoisotopic (exact) mass is 666 g/mol. The van der Waals surface area contributed by atoms with Gasteiger partial charge in [-0.15, -0.1) is 0 Å². The van der Waals surface area contributed by atoms with Crippen molar-refractivity contribution in [3.8, 4) is 0 Å². The molecule has 0 aliphatic carbocycles. The molecular weight excluding hydrogens is 664 g/mol. The van der Waals surface area contributed by atoms with Crippen molar-refractivity contribution in [2.45, 2.75) is 0 Å². The fourth-order valence-electron chi connectivity index (χ4n) is 2.80. The van der Waals surface area contributed by atoms with Crippen molar-refractivity contribution in [1.82, 2.24) is 0 Å². The van der Waals surface area contributed by atoms with Gasteiger partial charge in [-0.05, 0) is 0 Å². The van der Waals surface area contributed by atoms with E-state index in [1.54, 1.807) is 0 Å². The second-order valence-electron chi connectivity index (χ2n) is 6.23. The van der Waals surface area contributed by atoms with Gasteiger partial charge in [0.2, 0.25) is 0 Å². The van der Waals surface area contributed by atoms with Crippen molar-refractivity contribution in [3.05, 3.63) is 87.3 Å². The van der Waals surface area contributed by atoms with Gasteiger partial charge in [0.25, 0.3) is 0 Å². The van der Waals surface area contributed by atoms with Gasteiger partial charge < -0.3 is 0 Å². The molecule has 3 rings (SSSR count). The van der Waals surface area contributed by atoms with Crippen molar-refractivity contribution < 1.29 is 65.9 Å². The van der Waals surface area contributed by atoms with Crippen molar-refractivity contribution in [2.75, 3.05) is 0 Å². The Morgan fingerprint density at radius 3 is 0.514 bits per heavy atom. The van der Waals surface area contributed by atoms with E-state index in [4.69, 9.17) is 8.96 Å². The summed E-state index contributed by atoms with van der Waals surface area (Å²) in [5.74, 6) is -46.0. The summed E-state index contributed by atoms with van der Waals surface area (Å²) < 4.78 is 203. The van der Waals surface area contributed by atoms with E-state index in [0.29, 0.717) is 0 Å². The van der Waals surface area contributed by atoms with Crippen LogP contribution in [0.3, 0.4) is 0 Å². The molecule has 0 N–H and O–H groups in total. The molecule has 0 aromatic heterocycles. The zero-order valence-corrected chi connectivity index (χ0v) is 18.5. The normalized spacial score (nSPS) is 12.5. The van der Waals surface area contributed by atoms with Crippen molar-refractivity contribution in [1.29, 1.82) is 0 Å². The van der Waals surface area contributed by atoms with Crippen molar-refractivity contribution in [2.24, 2.45) is 0 Å². The van der Waals surface area contributed by atoms with Crippen LogP contribution >= 0.6 is 8.96 Å². The van der Waals surface area contributed by atoms with Crippen LogP contribution in [0.2, 0.25) is 0 Å². The Labute approximate surface area is 190 Å². The zero-order valence-electron chi connectivity index (χ0n) is 15.5. The molecular formula is C18ClF15Te. The summed E-state index contributed by atoms with van der Waals surface area (Å²) in [5.41, 5.74) is 0. The van der Waals surface area contributed by atoms with Crippen molar-refractivity contribution >= 4 is 36.9 Å². The molecule has 0 atom stereocenters. The maximum absolute atomic E-state index is 14.6. The van der Waals surface area contributed by atoms with Gasteiger partial charge in [-0.25, -0.2) is 0 Å². The van der Waals surface area contributed by atoms with Crippen LogP contribution in [0, 0.1) is 87.3 Å². The van der Waals surface area contributed by atoms with Gasteiger partial charge in [0.05, 0.1) is 0 Å². The molecule has 190 valence electrons. The molecule has 0 fully saturated rings. The van der Waals surface area contributed by atoms with Gasteiger partial charge >= 0.3 is 190 Å². The van der Waals surface area contributed by atoms with Crippen LogP contribution in [0.15, 0.2) is 0 Å². The molecule has 35 heavy (non-hydrogen) atoms. The van der Waals surface area contributed by atoms with Crippen LogP contribution < -0.4 is 10.8 Å². The van der Waals surface area contributed by atoms with Crippen LogP contribution in [0.5, 0.6) is 0 Å². The van der Waals surface area contributed by atoms with E-state index < -0.39 is 115 Å². The first kappa shape index (κ1) is 27.3. The molecule has 0 radical (unpaired) electrons. The summed E-state index contributed by atoms with van der Waals surface area (Å²) in [5, 5.41) is 0. The van der Waals surface area contributed by atoms with Gasteiger partial charge in [-0.3, -0.25) is 0 Å². The van der Waals surface area contributed by atoms with E-state index in [1.165, 1.54) is 0 Å². The summed E-state index contributed by atoms with van der Waals surface area (Å²) in [6.07, 6.45) is 0. The summed E-state index contributed by atoms with van der Waals surface area (Å²) in [4.78, 5) is 0. The van der Waals surface area contributed by atoms with Gasteiger partial charge in [-0.2, -0.15) is 0 Å². The number of hydrogen-bond acceptors (Lipinski definition) is 0. The molecule has 17 heteroatoms. The van der Waals surface area contributed by atoms with E-state index in [1.807, 2.05) is 0 Å². The van der Waals surface area contributed by atoms with Gasteiger partial charge in [0.15, 0.2) is 0 Å². The van der Waals surface area contributed by atoms with Crippen LogP contribution in [0.1, 0.15) is 0 Å². The average Bonchev–Trinajstić information content (AvgIpc) is 2.81. The predicted molar refractivity (Wildman–Crippen MR) is 89.2 cm³/mol. The van der Waals surface area contributed by atoms with Crippen molar-refractivity contribution in [3.63, 3.8) is 0 Å². The Morgan fingerprint density at radius 2 is 0.371 bits per heavy atom. The molecule has 0 unspecified atom stereocenters. The van der Waals surface area contributed by atoms with Gasteiger partial charge in [-0.1, -0.05) is 0 Å². The topological polar surface area (TPSA) is 0 Å². The molecule has 0 saturated heterocycles. The summed E-state index contributed by atoms with van der Waals surface area (Å²) in [6, 6.07) is 0. The molecule has 0 aliphatic rings. The third-order valence-electron chi connectivity index (χ3n) is 4.35. The molecule has 3 aromatic carbocycles. The second kappa shape index (κ2) is 8.97. The van der Waals surface area contributed by atoms with Crippen LogP contribution in [-0.2, 0) is 0 Å². The van der Waals surface area contributed by atoms with E-state index in [9.17, 15) is 65.9 Å². The first-order chi connectivity index (χ1) is 16.0. The summed E-state index contributed by atoms with van der Waals surface area (Å²) in [6.45, 7) is 0. The Bertz CT molecular complexity index is 1170. The summed E-state index contributed by atoms with van der Waals surface area (Å²) in [7, 11) is 5.72. The SMILES string of the molecule is Fc1c(F)c(F)c([Te](Cl)(c2c(F)c(F)c(F)c(F)c2F)c2c(F)c(F)c(F)c(F)c2F)c(F)c1F. The number of rotatable bonds is 3. The molecule has 0 amide bonds. The van der Waals surface area contributed by atoms with E-state index in [0.717, 1.165) is 0 Å². The molecule has 0 aliphatic heterocycles. The number of halogens is 16. The maximum atomic E-state index is 14.6. The molecule has 0 heterocycles. The van der Waals surface area contributed by atoms with Gasteiger partial charge in [0.1, 0.15) is 0 Å². The molecule has 0 nitrogen and oxygen atoms in total. The minimum absolute atomic E-state index is 2.74. The number of hydrogen-bond donors (Lipinski definition) is 0. The first-order valence-corrected chi connectivity index (χ1v) is 14.5. The standard InChI is InChI=1S/C18ClF15Te/c19-35(16-10(29)4(23)1(20)5(24)11(16)30,17-12(31)6(25)2(21)7(26)13(17)32)18-14(33)8(27)3(22)9(28)15(18)34. The van der Waals surface area contributed by atoms with Gasteiger partial charge in [0, 0.05) is 0 Å². The van der Waals surface area contributed by atoms with E-state index in [-0.39, 0.29) is 0 Å². The molecule has 3 aromatic rings. The van der Waals surface area contributed by atoms with Crippen LogP contribution in [0.4, 0.5) is 65.9 Å². The first-order valence-electron chi connectivity index (χ1n) is 8.10. The predicted octanol–water partition coefficient (Wildman–Crippen LogP) is 4.98. The molecule has 0 bridgehead atoms. The van der Waals surface area contributed by atoms with Crippen LogP contribution in [-0.4, -0.2) is 17.1 Å². The fraction of sp³-hybridized carbons (Fsp3) is 0. The third-order valence-corrected chi connectivity index (χ3v) is 15.3. The summed E-state index contributed by atoms with van der Waals surface area (Å²) >= 11 is -7.91. The molecule has 0 spiro atoms. The van der Waals surface area contributed by atoms with Crippen LogP contribution in [0.25, 0.3) is 0 Å². The Hall–Kier alpha value is -2.31. The minimum atomic E-state index is -7.91. The Kier molecular flexibility index (Phi) is 6.99. The quantitative estimate of drug-likeness (QED) is 0.161. The zero-order chi connectivity index (χ0) is 26.9.